The van der Waals surface area contributed by atoms with Crippen LogP contribution in [0.15, 0.2) is 5.38 Å². The van der Waals surface area contributed by atoms with Crippen LogP contribution in [0.2, 0.25) is 0 Å². The molecule has 0 aromatic carbocycles. The van der Waals surface area contributed by atoms with Gasteiger partial charge < -0.3 is 9.64 Å². The van der Waals surface area contributed by atoms with Crippen molar-refractivity contribution >= 4 is 17.4 Å². The van der Waals surface area contributed by atoms with Gasteiger partial charge in [-0.05, 0) is 19.8 Å². The first-order valence-corrected chi connectivity index (χ1v) is 8.18. The van der Waals surface area contributed by atoms with Crippen molar-refractivity contribution in [3.8, 4) is 0 Å². The van der Waals surface area contributed by atoms with Crippen LogP contribution in [0, 0.1) is 0 Å². The molecule has 2 heterocycles. The third kappa shape index (κ3) is 4.18. The van der Waals surface area contributed by atoms with Gasteiger partial charge >= 0.3 is 6.09 Å². The molecule has 6 heteroatoms. The van der Waals surface area contributed by atoms with Gasteiger partial charge in [0.2, 0.25) is 0 Å². The van der Waals surface area contributed by atoms with Gasteiger partial charge in [-0.15, -0.1) is 11.3 Å². The summed E-state index contributed by atoms with van der Waals surface area (Å²) >= 11 is 1.75. The highest BCUT2D eigenvalue weighted by molar-refractivity contribution is 7.09. The SMILES string of the molecule is CCCc1nc(CN2CCN(C(=O)OCC)CC2)cs1. The lowest BCUT2D eigenvalue weighted by Gasteiger charge is -2.33. The molecule has 0 saturated carbocycles. The van der Waals surface area contributed by atoms with Crippen molar-refractivity contribution in [2.75, 3.05) is 32.8 Å². The second-order valence-electron chi connectivity index (χ2n) is 4.94. The number of aromatic nitrogens is 1. The van der Waals surface area contributed by atoms with E-state index in [2.05, 4.69) is 22.2 Å². The molecule has 1 aromatic heterocycles. The second kappa shape index (κ2) is 7.59. The van der Waals surface area contributed by atoms with Gasteiger partial charge in [0.1, 0.15) is 0 Å². The van der Waals surface area contributed by atoms with Gasteiger partial charge in [-0.1, -0.05) is 6.92 Å². The number of carbonyl (C=O) groups is 1. The highest BCUT2D eigenvalue weighted by atomic mass is 32.1. The van der Waals surface area contributed by atoms with Crippen molar-refractivity contribution in [3.05, 3.63) is 16.1 Å². The zero-order chi connectivity index (χ0) is 14.4. The molecule has 0 atom stereocenters. The summed E-state index contributed by atoms with van der Waals surface area (Å²) in [4.78, 5) is 20.4. The molecule has 0 spiro atoms. The molecule has 0 unspecified atom stereocenters. The predicted molar refractivity (Wildman–Crippen MR) is 80.0 cm³/mol. The van der Waals surface area contributed by atoms with Crippen LogP contribution in [0.1, 0.15) is 31.0 Å². The van der Waals surface area contributed by atoms with Gasteiger partial charge in [0.25, 0.3) is 0 Å². The molecule has 20 heavy (non-hydrogen) atoms. The number of amides is 1. The standard InChI is InChI=1S/C14H23N3O2S/c1-3-5-13-15-12(11-20-13)10-16-6-8-17(9-7-16)14(18)19-4-2/h11H,3-10H2,1-2H3. The van der Waals surface area contributed by atoms with Crippen molar-refractivity contribution < 1.29 is 9.53 Å². The summed E-state index contributed by atoms with van der Waals surface area (Å²) in [5, 5.41) is 3.38. The Bertz CT molecular complexity index is 428. The number of rotatable bonds is 5. The van der Waals surface area contributed by atoms with Crippen LogP contribution < -0.4 is 0 Å². The quantitative estimate of drug-likeness (QED) is 0.837. The number of nitrogens with zero attached hydrogens (tertiary/aromatic N) is 3. The fourth-order valence-electron chi connectivity index (χ4n) is 2.28. The van der Waals surface area contributed by atoms with Gasteiger partial charge in [-0.25, -0.2) is 9.78 Å². The van der Waals surface area contributed by atoms with Gasteiger partial charge in [0, 0.05) is 38.1 Å². The van der Waals surface area contributed by atoms with Crippen molar-refractivity contribution in [1.29, 1.82) is 0 Å². The zero-order valence-corrected chi connectivity index (χ0v) is 13.1. The maximum absolute atomic E-state index is 11.6. The molecule has 1 aliphatic heterocycles. The number of hydrogen-bond acceptors (Lipinski definition) is 5. The first-order chi connectivity index (χ1) is 9.72. The lowest BCUT2D eigenvalue weighted by molar-refractivity contribution is 0.0776. The molecule has 2 rings (SSSR count). The van der Waals surface area contributed by atoms with Crippen LogP contribution in [0.4, 0.5) is 4.79 Å². The van der Waals surface area contributed by atoms with Crippen molar-refractivity contribution in [2.45, 2.75) is 33.2 Å². The predicted octanol–water partition coefficient (Wildman–Crippen LogP) is 2.37. The van der Waals surface area contributed by atoms with E-state index in [-0.39, 0.29) is 6.09 Å². The third-order valence-electron chi connectivity index (χ3n) is 3.35. The average Bonchev–Trinajstić information content (AvgIpc) is 2.88. The van der Waals surface area contributed by atoms with Crippen molar-refractivity contribution in [3.63, 3.8) is 0 Å². The maximum atomic E-state index is 11.6. The Kier molecular flexibility index (Phi) is 5.79. The van der Waals surface area contributed by atoms with Crippen molar-refractivity contribution in [2.24, 2.45) is 0 Å². The minimum Gasteiger partial charge on any atom is -0.450 e. The number of thiazole rings is 1. The third-order valence-corrected chi connectivity index (χ3v) is 4.30. The molecule has 1 aromatic rings. The van der Waals surface area contributed by atoms with Crippen LogP contribution in [0.5, 0.6) is 0 Å². The Hall–Kier alpha value is -1.14. The topological polar surface area (TPSA) is 45.7 Å². The lowest BCUT2D eigenvalue weighted by atomic mass is 10.3. The number of piperazine rings is 1. The van der Waals surface area contributed by atoms with Gasteiger partial charge in [-0.2, -0.15) is 0 Å². The first-order valence-electron chi connectivity index (χ1n) is 7.30. The summed E-state index contributed by atoms with van der Waals surface area (Å²) in [7, 11) is 0. The molecule has 1 saturated heterocycles. The average molecular weight is 297 g/mol. The summed E-state index contributed by atoms with van der Waals surface area (Å²) in [5.41, 5.74) is 1.16. The van der Waals surface area contributed by atoms with Crippen LogP contribution in [-0.2, 0) is 17.7 Å². The maximum Gasteiger partial charge on any atom is 0.409 e. The fraction of sp³-hybridized carbons (Fsp3) is 0.714. The number of carbonyl (C=O) groups excluding carboxylic acids is 1. The molecule has 112 valence electrons. The smallest absolute Gasteiger partial charge is 0.409 e. The summed E-state index contributed by atoms with van der Waals surface area (Å²) in [5.74, 6) is 0. The highest BCUT2D eigenvalue weighted by Gasteiger charge is 2.22. The molecular weight excluding hydrogens is 274 g/mol. The number of ether oxygens (including phenoxy) is 1. The first kappa shape index (κ1) is 15.3. The molecule has 1 amide bonds. The Labute approximate surface area is 124 Å². The van der Waals surface area contributed by atoms with E-state index < -0.39 is 0 Å². The molecule has 0 aliphatic carbocycles. The van der Waals surface area contributed by atoms with E-state index >= 15 is 0 Å². The van der Waals surface area contributed by atoms with Gasteiger partial charge in [-0.3, -0.25) is 4.90 Å². The molecular formula is C14H23N3O2S. The molecule has 5 nitrogen and oxygen atoms in total. The Morgan fingerprint density at radius 2 is 2.10 bits per heavy atom. The minimum atomic E-state index is -0.189. The molecule has 0 radical (unpaired) electrons. The van der Waals surface area contributed by atoms with E-state index in [4.69, 9.17) is 4.74 Å². The van der Waals surface area contributed by atoms with E-state index in [9.17, 15) is 4.79 Å². The minimum absolute atomic E-state index is 0.189. The lowest BCUT2D eigenvalue weighted by Crippen LogP contribution is -2.48. The van der Waals surface area contributed by atoms with Crippen molar-refractivity contribution in [1.82, 2.24) is 14.8 Å². The van der Waals surface area contributed by atoms with E-state index in [1.165, 1.54) is 5.01 Å². The van der Waals surface area contributed by atoms with E-state index in [0.717, 1.165) is 51.3 Å². The van der Waals surface area contributed by atoms with Crippen LogP contribution in [-0.4, -0.2) is 53.7 Å². The molecule has 0 bridgehead atoms. The van der Waals surface area contributed by atoms with E-state index in [1.807, 2.05) is 6.92 Å². The van der Waals surface area contributed by atoms with Gasteiger partial charge in [0.15, 0.2) is 0 Å². The summed E-state index contributed by atoms with van der Waals surface area (Å²) in [6.45, 7) is 8.60. The molecule has 1 aliphatic rings. The Morgan fingerprint density at radius 3 is 2.75 bits per heavy atom. The van der Waals surface area contributed by atoms with Gasteiger partial charge in [0.05, 0.1) is 17.3 Å². The summed E-state index contributed by atoms with van der Waals surface area (Å²) in [6.07, 6.45) is 2.03. The summed E-state index contributed by atoms with van der Waals surface area (Å²) in [6, 6.07) is 0. The number of aryl methyl sites for hydroxylation is 1. The molecule has 1 fully saturated rings. The monoisotopic (exact) mass is 297 g/mol. The van der Waals surface area contributed by atoms with Crippen LogP contribution >= 0.6 is 11.3 Å². The highest BCUT2D eigenvalue weighted by Crippen LogP contribution is 2.14. The van der Waals surface area contributed by atoms with Crippen LogP contribution in [0.25, 0.3) is 0 Å². The van der Waals surface area contributed by atoms with E-state index in [0.29, 0.717) is 6.61 Å². The fourth-order valence-corrected chi connectivity index (χ4v) is 3.17. The Balaban J connectivity index is 1.77. The number of hydrogen-bond donors (Lipinski definition) is 0. The molecule has 0 N–H and O–H groups in total. The zero-order valence-electron chi connectivity index (χ0n) is 12.3. The van der Waals surface area contributed by atoms with Crippen LogP contribution in [0.3, 0.4) is 0 Å². The largest absolute Gasteiger partial charge is 0.450 e. The Morgan fingerprint density at radius 1 is 1.35 bits per heavy atom. The second-order valence-corrected chi connectivity index (χ2v) is 5.89. The summed E-state index contributed by atoms with van der Waals surface area (Å²) < 4.78 is 5.02. The normalized spacial score (nSPS) is 16.4. The van der Waals surface area contributed by atoms with E-state index in [1.54, 1.807) is 16.2 Å².